The average Bonchev–Trinajstić information content (AvgIpc) is 2.94. The van der Waals surface area contributed by atoms with Crippen LogP contribution < -0.4 is 5.32 Å². The van der Waals surface area contributed by atoms with Crippen LogP contribution in [0.3, 0.4) is 0 Å². The van der Waals surface area contributed by atoms with Crippen LogP contribution >= 0.6 is 11.6 Å². The predicted octanol–water partition coefficient (Wildman–Crippen LogP) is 3.02. The molecule has 0 aliphatic heterocycles. The molecule has 1 aromatic carbocycles. The largest absolute Gasteiger partial charge is 0.465 e. The SMILES string of the molecule is COC(=O)c1ccc(Cl)c(NC(C)c2ccn[nH]2)c1. The van der Waals surface area contributed by atoms with Gasteiger partial charge in [0.2, 0.25) is 0 Å². The van der Waals surface area contributed by atoms with Crippen LogP contribution in [0.5, 0.6) is 0 Å². The zero-order valence-electron chi connectivity index (χ0n) is 10.6. The van der Waals surface area contributed by atoms with Gasteiger partial charge in [0, 0.05) is 6.20 Å². The van der Waals surface area contributed by atoms with Crippen LogP contribution in [0.2, 0.25) is 5.02 Å². The van der Waals surface area contributed by atoms with Gasteiger partial charge in [0.05, 0.1) is 35.1 Å². The number of carbonyl (C=O) groups excluding carboxylic acids is 1. The van der Waals surface area contributed by atoms with E-state index >= 15 is 0 Å². The molecule has 2 aromatic rings. The molecule has 5 nitrogen and oxygen atoms in total. The Bertz CT molecular complexity index is 569. The molecule has 1 unspecified atom stereocenters. The fourth-order valence-electron chi connectivity index (χ4n) is 1.70. The molecular formula is C13H14ClN3O2. The molecule has 0 amide bonds. The first-order chi connectivity index (χ1) is 9.11. The summed E-state index contributed by atoms with van der Waals surface area (Å²) in [7, 11) is 1.34. The van der Waals surface area contributed by atoms with Gasteiger partial charge in [-0.05, 0) is 31.2 Å². The maximum Gasteiger partial charge on any atom is 0.337 e. The van der Waals surface area contributed by atoms with E-state index in [0.29, 0.717) is 16.3 Å². The Kier molecular flexibility index (Phi) is 4.06. The summed E-state index contributed by atoms with van der Waals surface area (Å²) in [6.45, 7) is 1.97. The number of H-pyrrole nitrogens is 1. The lowest BCUT2D eigenvalue weighted by Gasteiger charge is -2.15. The summed E-state index contributed by atoms with van der Waals surface area (Å²) in [6.07, 6.45) is 1.68. The molecule has 6 heteroatoms. The zero-order valence-corrected chi connectivity index (χ0v) is 11.4. The first kappa shape index (κ1) is 13.4. The number of carbonyl (C=O) groups is 1. The van der Waals surface area contributed by atoms with Gasteiger partial charge in [0.1, 0.15) is 0 Å². The Hall–Kier alpha value is -2.01. The van der Waals surface area contributed by atoms with E-state index in [1.54, 1.807) is 24.4 Å². The van der Waals surface area contributed by atoms with Crippen molar-refractivity contribution in [2.75, 3.05) is 12.4 Å². The molecule has 0 bridgehead atoms. The summed E-state index contributed by atoms with van der Waals surface area (Å²) in [6, 6.07) is 6.82. The molecular weight excluding hydrogens is 266 g/mol. The lowest BCUT2D eigenvalue weighted by molar-refractivity contribution is 0.0601. The number of rotatable bonds is 4. The van der Waals surface area contributed by atoms with Crippen molar-refractivity contribution >= 4 is 23.3 Å². The van der Waals surface area contributed by atoms with Crippen LogP contribution in [-0.2, 0) is 4.74 Å². The van der Waals surface area contributed by atoms with Crippen LogP contribution in [0.1, 0.15) is 29.0 Å². The minimum atomic E-state index is -0.395. The third kappa shape index (κ3) is 3.06. The third-order valence-corrected chi connectivity index (χ3v) is 3.08. The van der Waals surface area contributed by atoms with Crippen molar-refractivity contribution in [3.05, 3.63) is 46.7 Å². The smallest absolute Gasteiger partial charge is 0.337 e. The maximum atomic E-state index is 11.5. The van der Waals surface area contributed by atoms with Crippen LogP contribution in [0.4, 0.5) is 5.69 Å². The van der Waals surface area contributed by atoms with Crippen LogP contribution in [0.15, 0.2) is 30.5 Å². The Balaban J connectivity index is 2.22. The number of nitrogens with one attached hydrogen (secondary N) is 2. The molecule has 0 fully saturated rings. The maximum absolute atomic E-state index is 11.5. The molecule has 100 valence electrons. The third-order valence-electron chi connectivity index (χ3n) is 2.75. The Morgan fingerprint density at radius 1 is 1.47 bits per heavy atom. The number of aromatic nitrogens is 2. The van der Waals surface area contributed by atoms with E-state index in [1.807, 2.05) is 13.0 Å². The molecule has 0 saturated carbocycles. The van der Waals surface area contributed by atoms with E-state index < -0.39 is 5.97 Å². The molecule has 1 atom stereocenters. The van der Waals surface area contributed by atoms with E-state index in [9.17, 15) is 4.79 Å². The van der Waals surface area contributed by atoms with Gasteiger partial charge in [-0.2, -0.15) is 5.10 Å². The highest BCUT2D eigenvalue weighted by atomic mass is 35.5. The number of benzene rings is 1. The molecule has 0 radical (unpaired) electrons. The number of anilines is 1. The first-order valence-electron chi connectivity index (χ1n) is 5.75. The van der Waals surface area contributed by atoms with Crippen molar-refractivity contribution in [1.29, 1.82) is 0 Å². The summed E-state index contributed by atoms with van der Waals surface area (Å²) >= 11 is 6.11. The van der Waals surface area contributed by atoms with E-state index in [4.69, 9.17) is 11.6 Å². The first-order valence-corrected chi connectivity index (χ1v) is 6.13. The summed E-state index contributed by atoms with van der Waals surface area (Å²) < 4.78 is 4.68. The van der Waals surface area contributed by atoms with Gasteiger partial charge in [-0.25, -0.2) is 4.79 Å². The second-order valence-electron chi connectivity index (χ2n) is 4.06. The van der Waals surface area contributed by atoms with Crippen LogP contribution in [-0.4, -0.2) is 23.3 Å². The molecule has 0 aliphatic carbocycles. The summed E-state index contributed by atoms with van der Waals surface area (Å²) in [5.41, 5.74) is 2.05. The lowest BCUT2D eigenvalue weighted by Crippen LogP contribution is -2.09. The summed E-state index contributed by atoms with van der Waals surface area (Å²) in [5, 5.41) is 10.5. The minimum Gasteiger partial charge on any atom is -0.465 e. The van der Waals surface area contributed by atoms with Crippen molar-refractivity contribution in [2.45, 2.75) is 13.0 Å². The second kappa shape index (κ2) is 5.75. The fourth-order valence-corrected chi connectivity index (χ4v) is 1.87. The van der Waals surface area contributed by atoms with Crippen molar-refractivity contribution < 1.29 is 9.53 Å². The number of aromatic amines is 1. The predicted molar refractivity (Wildman–Crippen MR) is 73.4 cm³/mol. The summed E-state index contributed by atoms with van der Waals surface area (Å²) in [4.78, 5) is 11.5. The van der Waals surface area contributed by atoms with Gasteiger partial charge < -0.3 is 10.1 Å². The van der Waals surface area contributed by atoms with Gasteiger partial charge in [0.15, 0.2) is 0 Å². The van der Waals surface area contributed by atoms with Gasteiger partial charge in [0.25, 0.3) is 0 Å². The van der Waals surface area contributed by atoms with Crippen molar-refractivity contribution in [3.63, 3.8) is 0 Å². The van der Waals surface area contributed by atoms with Crippen molar-refractivity contribution in [2.24, 2.45) is 0 Å². The number of esters is 1. The molecule has 1 aromatic heterocycles. The van der Waals surface area contributed by atoms with E-state index in [-0.39, 0.29) is 6.04 Å². The number of hydrogen-bond acceptors (Lipinski definition) is 4. The fraction of sp³-hybridized carbons (Fsp3) is 0.231. The summed E-state index contributed by atoms with van der Waals surface area (Å²) in [5.74, 6) is -0.395. The second-order valence-corrected chi connectivity index (χ2v) is 4.47. The quantitative estimate of drug-likeness (QED) is 0.844. The number of ether oxygens (including phenoxy) is 1. The molecule has 0 spiro atoms. The van der Waals surface area contributed by atoms with Gasteiger partial charge >= 0.3 is 5.97 Å². The van der Waals surface area contributed by atoms with Crippen molar-refractivity contribution in [1.82, 2.24) is 10.2 Å². The molecule has 0 aliphatic rings. The minimum absolute atomic E-state index is 0.00658. The van der Waals surface area contributed by atoms with Crippen LogP contribution in [0, 0.1) is 0 Å². The number of methoxy groups -OCH3 is 1. The number of hydrogen-bond donors (Lipinski definition) is 2. The Morgan fingerprint density at radius 2 is 2.26 bits per heavy atom. The topological polar surface area (TPSA) is 67.0 Å². The Labute approximate surface area is 115 Å². The monoisotopic (exact) mass is 279 g/mol. The molecule has 1 heterocycles. The van der Waals surface area contributed by atoms with Crippen LogP contribution in [0.25, 0.3) is 0 Å². The van der Waals surface area contributed by atoms with Gasteiger partial charge in [-0.3, -0.25) is 5.10 Å². The highest BCUT2D eigenvalue weighted by Crippen LogP contribution is 2.27. The Morgan fingerprint density at radius 3 is 2.89 bits per heavy atom. The highest BCUT2D eigenvalue weighted by molar-refractivity contribution is 6.33. The molecule has 19 heavy (non-hydrogen) atoms. The molecule has 2 rings (SSSR count). The van der Waals surface area contributed by atoms with E-state index in [1.165, 1.54) is 7.11 Å². The lowest BCUT2D eigenvalue weighted by atomic mass is 10.1. The average molecular weight is 280 g/mol. The van der Waals surface area contributed by atoms with Crippen molar-refractivity contribution in [3.8, 4) is 0 Å². The highest BCUT2D eigenvalue weighted by Gasteiger charge is 2.12. The number of nitrogens with zero attached hydrogens (tertiary/aromatic N) is 1. The normalized spacial score (nSPS) is 11.9. The molecule has 0 saturated heterocycles. The van der Waals surface area contributed by atoms with Gasteiger partial charge in [-0.15, -0.1) is 0 Å². The van der Waals surface area contributed by atoms with E-state index in [0.717, 1.165) is 5.69 Å². The molecule has 2 N–H and O–H groups in total. The zero-order chi connectivity index (χ0) is 13.8. The van der Waals surface area contributed by atoms with Gasteiger partial charge in [-0.1, -0.05) is 11.6 Å². The standard InChI is InChI=1S/C13H14ClN3O2/c1-8(11-5-6-15-17-11)16-12-7-9(13(18)19-2)3-4-10(12)14/h3-8,16H,1-2H3,(H,15,17). The number of halogens is 1. The van der Waals surface area contributed by atoms with E-state index in [2.05, 4.69) is 20.3 Å².